The Bertz CT molecular complexity index is 382. The lowest BCUT2D eigenvalue weighted by Gasteiger charge is -2.29. The molecule has 4 N–H and O–H groups in total. The Labute approximate surface area is 123 Å². The number of urea groups is 1. The van der Waals surface area contributed by atoms with Gasteiger partial charge in [-0.2, -0.15) is 0 Å². The molecule has 1 fully saturated rings. The van der Waals surface area contributed by atoms with Gasteiger partial charge in [0.15, 0.2) is 0 Å². The molecule has 0 radical (unpaired) electrons. The van der Waals surface area contributed by atoms with E-state index in [9.17, 15) is 14.4 Å². The summed E-state index contributed by atoms with van der Waals surface area (Å²) < 4.78 is 0. The van der Waals surface area contributed by atoms with Gasteiger partial charge < -0.3 is 25.7 Å². The van der Waals surface area contributed by atoms with Gasteiger partial charge in [0.2, 0.25) is 0 Å². The summed E-state index contributed by atoms with van der Waals surface area (Å²) in [5.41, 5.74) is 0. The summed E-state index contributed by atoms with van der Waals surface area (Å²) in [6, 6.07) is -2.22. The minimum atomic E-state index is -1.43. The van der Waals surface area contributed by atoms with Gasteiger partial charge in [0, 0.05) is 12.6 Å². The Morgan fingerprint density at radius 1 is 1.10 bits per heavy atom. The zero-order valence-corrected chi connectivity index (χ0v) is 12.2. The smallest absolute Gasteiger partial charge is 0.326 e. The van der Waals surface area contributed by atoms with E-state index in [2.05, 4.69) is 15.5 Å². The van der Waals surface area contributed by atoms with Crippen LogP contribution in [0, 0.1) is 0 Å². The summed E-state index contributed by atoms with van der Waals surface area (Å²) >= 11 is 0. The number of nitrogens with one attached hydrogen (secondary N) is 2. The van der Waals surface area contributed by atoms with Crippen LogP contribution in [0.5, 0.6) is 0 Å². The summed E-state index contributed by atoms with van der Waals surface area (Å²) in [6.45, 7) is 4.54. The number of carboxylic acid groups (broad SMARTS) is 2. The molecule has 120 valence electrons. The van der Waals surface area contributed by atoms with Crippen LogP contribution in [0.3, 0.4) is 0 Å². The number of carbonyl (C=O) groups excluding carboxylic acids is 1. The van der Waals surface area contributed by atoms with Crippen molar-refractivity contribution in [3.63, 3.8) is 0 Å². The van der Waals surface area contributed by atoms with Crippen LogP contribution in [0.25, 0.3) is 0 Å². The van der Waals surface area contributed by atoms with Crippen molar-refractivity contribution in [3.05, 3.63) is 0 Å². The molecule has 8 nitrogen and oxygen atoms in total. The summed E-state index contributed by atoms with van der Waals surface area (Å²) in [6.07, 6.45) is 2.88. The second-order valence-corrected chi connectivity index (χ2v) is 5.37. The van der Waals surface area contributed by atoms with Gasteiger partial charge in [0.1, 0.15) is 6.04 Å². The van der Waals surface area contributed by atoms with Gasteiger partial charge in [-0.1, -0.05) is 6.42 Å². The Balaban J connectivity index is 2.36. The van der Waals surface area contributed by atoms with Crippen LogP contribution in [0.1, 0.15) is 32.6 Å². The van der Waals surface area contributed by atoms with Gasteiger partial charge in [-0.25, -0.2) is 9.59 Å². The molecule has 0 aromatic rings. The lowest BCUT2D eigenvalue weighted by atomic mass is 10.1. The Kier molecular flexibility index (Phi) is 6.93. The van der Waals surface area contributed by atoms with E-state index in [1.165, 1.54) is 6.42 Å². The molecular formula is C13H23N3O5. The van der Waals surface area contributed by atoms with Crippen molar-refractivity contribution in [1.82, 2.24) is 15.5 Å². The molecule has 1 heterocycles. The molecule has 2 atom stereocenters. The van der Waals surface area contributed by atoms with Crippen LogP contribution >= 0.6 is 0 Å². The fourth-order valence-electron chi connectivity index (χ4n) is 2.37. The Hall–Kier alpha value is -1.83. The predicted octanol–water partition coefficient (Wildman–Crippen LogP) is 0.0879. The SMILES string of the molecule is CC(CN1CCCCC1)NC(=O)NC(CC(=O)O)C(=O)O. The van der Waals surface area contributed by atoms with Crippen molar-refractivity contribution in [2.24, 2.45) is 0 Å². The first-order chi connectivity index (χ1) is 9.88. The van der Waals surface area contributed by atoms with Crippen molar-refractivity contribution in [2.75, 3.05) is 19.6 Å². The average Bonchev–Trinajstić information content (AvgIpc) is 2.38. The van der Waals surface area contributed by atoms with E-state index in [0.29, 0.717) is 6.54 Å². The van der Waals surface area contributed by atoms with E-state index in [0.717, 1.165) is 25.9 Å². The van der Waals surface area contributed by atoms with Crippen LogP contribution in [0.2, 0.25) is 0 Å². The maximum atomic E-state index is 11.7. The van der Waals surface area contributed by atoms with Crippen molar-refractivity contribution in [2.45, 2.75) is 44.7 Å². The van der Waals surface area contributed by atoms with Crippen molar-refractivity contribution >= 4 is 18.0 Å². The second-order valence-electron chi connectivity index (χ2n) is 5.37. The molecule has 1 aliphatic rings. The standard InChI is InChI=1S/C13H23N3O5/c1-9(8-16-5-3-2-4-6-16)14-13(21)15-10(12(19)20)7-11(17)18/h9-10H,2-8H2,1H3,(H,17,18)(H,19,20)(H2,14,15,21). The number of aliphatic carboxylic acids is 2. The molecule has 0 spiro atoms. The van der Waals surface area contributed by atoms with Gasteiger partial charge in [-0.05, 0) is 32.9 Å². The van der Waals surface area contributed by atoms with E-state index < -0.39 is 30.4 Å². The largest absolute Gasteiger partial charge is 0.481 e. The molecule has 0 aromatic heterocycles. The number of carbonyl (C=O) groups is 3. The highest BCUT2D eigenvalue weighted by molar-refractivity contribution is 5.86. The van der Waals surface area contributed by atoms with Crippen molar-refractivity contribution in [3.8, 4) is 0 Å². The zero-order chi connectivity index (χ0) is 15.8. The minimum Gasteiger partial charge on any atom is -0.481 e. The summed E-state index contributed by atoms with van der Waals surface area (Å²) in [5.74, 6) is -2.64. The summed E-state index contributed by atoms with van der Waals surface area (Å²) in [4.78, 5) is 35.3. The molecule has 2 unspecified atom stereocenters. The van der Waals surface area contributed by atoms with Gasteiger partial charge in [-0.15, -0.1) is 0 Å². The molecule has 1 saturated heterocycles. The third-order valence-corrected chi connectivity index (χ3v) is 3.34. The molecule has 2 amide bonds. The minimum absolute atomic E-state index is 0.137. The third kappa shape index (κ3) is 6.94. The van der Waals surface area contributed by atoms with E-state index in [1.807, 2.05) is 6.92 Å². The first-order valence-electron chi connectivity index (χ1n) is 7.12. The number of piperidine rings is 1. The van der Waals surface area contributed by atoms with Crippen molar-refractivity contribution < 1.29 is 24.6 Å². The van der Waals surface area contributed by atoms with E-state index in [-0.39, 0.29) is 6.04 Å². The number of hydrogen-bond acceptors (Lipinski definition) is 4. The van der Waals surface area contributed by atoms with Gasteiger partial charge >= 0.3 is 18.0 Å². The molecule has 0 aliphatic carbocycles. The van der Waals surface area contributed by atoms with E-state index in [1.54, 1.807) is 0 Å². The van der Waals surface area contributed by atoms with Crippen LogP contribution in [-0.2, 0) is 9.59 Å². The number of hydrogen-bond donors (Lipinski definition) is 4. The number of amides is 2. The summed E-state index contributed by atoms with van der Waals surface area (Å²) in [7, 11) is 0. The normalized spacial score (nSPS) is 18.5. The fourth-order valence-corrected chi connectivity index (χ4v) is 2.37. The van der Waals surface area contributed by atoms with Crippen LogP contribution in [0.4, 0.5) is 4.79 Å². The lowest BCUT2D eigenvalue weighted by molar-refractivity contribution is -0.145. The van der Waals surface area contributed by atoms with Gasteiger partial charge in [0.25, 0.3) is 0 Å². The zero-order valence-electron chi connectivity index (χ0n) is 12.2. The van der Waals surface area contributed by atoms with Crippen LogP contribution in [0.15, 0.2) is 0 Å². The first-order valence-corrected chi connectivity index (χ1v) is 7.12. The highest BCUT2D eigenvalue weighted by atomic mass is 16.4. The maximum absolute atomic E-state index is 11.7. The predicted molar refractivity (Wildman–Crippen MR) is 75.1 cm³/mol. The Morgan fingerprint density at radius 2 is 1.71 bits per heavy atom. The number of rotatable bonds is 7. The molecule has 8 heteroatoms. The van der Waals surface area contributed by atoms with Crippen LogP contribution < -0.4 is 10.6 Å². The van der Waals surface area contributed by atoms with Gasteiger partial charge in [0.05, 0.1) is 6.42 Å². The maximum Gasteiger partial charge on any atom is 0.326 e. The number of carboxylic acids is 2. The molecule has 1 aliphatic heterocycles. The molecule has 0 aromatic carbocycles. The number of nitrogens with zero attached hydrogens (tertiary/aromatic N) is 1. The molecule has 1 rings (SSSR count). The van der Waals surface area contributed by atoms with Crippen molar-refractivity contribution in [1.29, 1.82) is 0 Å². The summed E-state index contributed by atoms with van der Waals surface area (Å²) in [5, 5.41) is 22.3. The second kappa shape index (κ2) is 8.46. The lowest BCUT2D eigenvalue weighted by Crippen LogP contribution is -2.51. The van der Waals surface area contributed by atoms with E-state index >= 15 is 0 Å². The third-order valence-electron chi connectivity index (χ3n) is 3.34. The highest BCUT2D eigenvalue weighted by Crippen LogP contribution is 2.08. The van der Waals surface area contributed by atoms with Crippen LogP contribution in [-0.4, -0.2) is 64.8 Å². The fraction of sp³-hybridized carbons (Fsp3) is 0.769. The number of likely N-dealkylation sites (tertiary alicyclic amines) is 1. The average molecular weight is 301 g/mol. The quantitative estimate of drug-likeness (QED) is 0.529. The Morgan fingerprint density at radius 3 is 2.24 bits per heavy atom. The molecular weight excluding hydrogens is 278 g/mol. The molecule has 0 bridgehead atoms. The van der Waals surface area contributed by atoms with E-state index in [4.69, 9.17) is 10.2 Å². The van der Waals surface area contributed by atoms with Gasteiger partial charge in [-0.3, -0.25) is 4.79 Å². The molecule has 0 saturated carbocycles. The topological polar surface area (TPSA) is 119 Å². The highest BCUT2D eigenvalue weighted by Gasteiger charge is 2.24. The molecule has 21 heavy (non-hydrogen) atoms. The first kappa shape index (κ1) is 17.2. The monoisotopic (exact) mass is 301 g/mol.